The summed E-state index contributed by atoms with van der Waals surface area (Å²) in [5, 5.41) is 0. The van der Waals surface area contributed by atoms with Crippen molar-refractivity contribution in [1.82, 2.24) is 0 Å². The molecular formula is C18H18F2O. The molecule has 0 aliphatic heterocycles. The van der Waals surface area contributed by atoms with Crippen molar-refractivity contribution in [2.75, 3.05) is 6.61 Å². The Balaban J connectivity index is 1.98. The maximum absolute atomic E-state index is 14.6. The van der Waals surface area contributed by atoms with E-state index in [0.29, 0.717) is 29.7 Å². The van der Waals surface area contributed by atoms with E-state index >= 15 is 0 Å². The zero-order chi connectivity index (χ0) is 15.0. The molecule has 21 heavy (non-hydrogen) atoms. The van der Waals surface area contributed by atoms with Crippen molar-refractivity contribution in [3.8, 4) is 16.9 Å². The minimum absolute atomic E-state index is 0.225. The summed E-state index contributed by atoms with van der Waals surface area (Å²) in [6, 6.07) is 7.10. The third-order valence-corrected chi connectivity index (χ3v) is 4.04. The van der Waals surface area contributed by atoms with Gasteiger partial charge in [0.05, 0.1) is 6.61 Å². The van der Waals surface area contributed by atoms with Crippen LogP contribution in [0.4, 0.5) is 8.78 Å². The van der Waals surface area contributed by atoms with E-state index in [4.69, 9.17) is 4.74 Å². The van der Waals surface area contributed by atoms with E-state index in [0.717, 1.165) is 24.0 Å². The zero-order valence-corrected chi connectivity index (χ0v) is 12.3. The molecule has 0 radical (unpaired) electrons. The second-order valence-corrected chi connectivity index (χ2v) is 5.51. The Morgan fingerprint density at radius 3 is 2.38 bits per heavy atom. The van der Waals surface area contributed by atoms with Crippen LogP contribution in [0.3, 0.4) is 0 Å². The lowest BCUT2D eigenvalue weighted by atomic mass is 10.0. The number of ether oxygens (including phenoxy) is 1. The first kappa shape index (κ1) is 14.1. The molecule has 0 saturated carbocycles. The summed E-state index contributed by atoms with van der Waals surface area (Å²) in [6.07, 6.45) is 2.20. The molecule has 2 aromatic carbocycles. The van der Waals surface area contributed by atoms with Crippen molar-refractivity contribution < 1.29 is 13.5 Å². The Bertz CT molecular complexity index is 692. The quantitative estimate of drug-likeness (QED) is 0.612. The molecule has 3 rings (SSSR count). The Hall–Kier alpha value is -1.90. The standard InChI is InChI=1S/C18H18F2O/c1-3-4-9-21-16-8-7-13-12-6-5-11(2)17(19)14(12)10-15(13)18(16)20/h5-8H,3-4,9-10H2,1-2H3. The highest BCUT2D eigenvalue weighted by Crippen LogP contribution is 2.42. The van der Waals surface area contributed by atoms with Gasteiger partial charge in [0.25, 0.3) is 0 Å². The number of aryl methyl sites for hydroxylation is 1. The van der Waals surface area contributed by atoms with Gasteiger partial charge in [-0.15, -0.1) is 0 Å². The van der Waals surface area contributed by atoms with Crippen LogP contribution in [0.25, 0.3) is 11.1 Å². The normalized spacial score (nSPS) is 12.2. The molecule has 1 nitrogen and oxygen atoms in total. The molecule has 0 heterocycles. The number of rotatable bonds is 4. The van der Waals surface area contributed by atoms with Crippen LogP contribution < -0.4 is 4.74 Å². The smallest absolute Gasteiger partial charge is 0.169 e. The van der Waals surface area contributed by atoms with E-state index in [2.05, 4.69) is 6.92 Å². The van der Waals surface area contributed by atoms with Gasteiger partial charge in [-0.3, -0.25) is 0 Å². The summed E-state index contributed by atoms with van der Waals surface area (Å²) in [6.45, 7) is 4.30. The van der Waals surface area contributed by atoms with Crippen molar-refractivity contribution in [3.05, 3.63) is 52.6 Å². The lowest BCUT2D eigenvalue weighted by molar-refractivity contribution is 0.293. The summed E-state index contributed by atoms with van der Waals surface area (Å²) < 4.78 is 34.2. The largest absolute Gasteiger partial charge is 0.491 e. The van der Waals surface area contributed by atoms with Crippen molar-refractivity contribution in [2.24, 2.45) is 0 Å². The van der Waals surface area contributed by atoms with Gasteiger partial charge >= 0.3 is 0 Å². The molecule has 0 unspecified atom stereocenters. The van der Waals surface area contributed by atoms with E-state index in [-0.39, 0.29) is 17.4 Å². The number of hydrogen-bond donors (Lipinski definition) is 0. The molecular weight excluding hydrogens is 270 g/mol. The molecule has 0 N–H and O–H groups in total. The molecule has 3 heteroatoms. The van der Waals surface area contributed by atoms with Gasteiger partial charge in [0.15, 0.2) is 11.6 Å². The van der Waals surface area contributed by atoms with E-state index in [9.17, 15) is 8.78 Å². The van der Waals surface area contributed by atoms with Gasteiger partial charge in [0.1, 0.15) is 5.82 Å². The number of benzene rings is 2. The van der Waals surface area contributed by atoms with Crippen molar-refractivity contribution in [3.63, 3.8) is 0 Å². The second kappa shape index (κ2) is 5.47. The van der Waals surface area contributed by atoms with Crippen LogP contribution >= 0.6 is 0 Å². The highest BCUT2D eigenvalue weighted by Gasteiger charge is 2.26. The van der Waals surface area contributed by atoms with Crippen LogP contribution in [0.2, 0.25) is 0 Å². The molecule has 0 bridgehead atoms. The Morgan fingerprint density at radius 1 is 1.00 bits per heavy atom. The average molecular weight is 288 g/mol. The summed E-state index contributed by atoms with van der Waals surface area (Å²) >= 11 is 0. The maximum Gasteiger partial charge on any atom is 0.169 e. The molecule has 1 aliphatic carbocycles. The molecule has 0 saturated heterocycles. The van der Waals surface area contributed by atoms with Gasteiger partial charge in [-0.25, -0.2) is 8.78 Å². The van der Waals surface area contributed by atoms with Crippen LogP contribution in [0.1, 0.15) is 36.5 Å². The molecule has 2 aromatic rings. The van der Waals surface area contributed by atoms with E-state index < -0.39 is 0 Å². The first-order valence-electron chi connectivity index (χ1n) is 7.36. The highest BCUT2D eigenvalue weighted by molar-refractivity contribution is 5.78. The molecule has 0 atom stereocenters. The predicted molar refractivity (Wildman–Crippen MR) is 79.7 cm³/mol. The summed E-state index contributed by atoms with van der Waals surface area (Å²) in [7, 11) is 0. The Morgan fingerprint density at radius 2 is 1.67 bits per heavy atom. The first-order chi connectivity index (χ1) is 10.1. The van der Waals surface area contributed by atoms with Gasteiger partial charge in [-0.1, -0.05) is 31.5 Å². The van der Waals surface area contributed by atoms with Crippen LogP contribution in [0, 0.1) is 18.6 Å². The zero-order valence-electron chi connectivity index (χ0n) is 12.3. The summed E-state index contributed by atoms with van der Waals surface area (Å²) in [4.78, 5) is 0. The van der Waals surface area contributed by atoms with Crippen molar-refractivity contribution in [2.45, 2.75) is 33.1 Å². The number of halogens is 2. The molecule has 0 spiro atoms. The third kappa shape index (κ3) is 2.31. The second-order valence-electron chi connectivity index (χ2n) is 5.51. The molecule has 0 fully saturated rings. The summed E-state index contributed by atoms with van der Waals surface area (Å²) in [5.41, 5.74) is 3.32. The van der Waals surface area contributed by atoms with Crippen molar-refractivity contribution in [1.29, 1.82) is 0 Å². The fraction of sp³-hybridized carbons (Fsp3) is 0.333. The monoisotopic (exact) mass is 288 g/mol. The van der Waals surface area contributed by atoms with Crippen LogP contribution in [0.15, 0.2) is 24.3 Å². The van der Waals surface area contributed by atoms with Gasteiger partial charge < -0.3 is 4.74 Å². The van der Waals surface area contributed by atoms with E-state index in [1.54, 1.807) is 19.1 Å². The topological polar surface area (TPSA) is 9.23 Å². The third-order valence-electron chi connectivity index (χ3n) is 4.04. The van der Waals surface area contributed by atoms with Gasteiger partial charge in [-0.2, -0.15) is 0 Å². The van der Waals surface area contributed by atoms with Gasteiger partial charge in [0.2, 0.25) is 0 Å². The number of fused-ring (bicyclic) bond motifs is 3. The molecule has 0 aromatic heterocycles. The van der Waals surface area contributed by atoms with Gasteiger partial charge in [0, 0.05) is 17.5 Å². The van der Waals surface area contributed by atoms with E-state index in [1.807, 2.05) is 12.1 Å². The minimum atomic E-state index is -0.350. The Labute approximate surface area is 123 Å². The number of hydrogen-bond acceptors (Lipinski definition) is 1. The van der Waals surface area contributed by atoms with Gasteiger partial charge in [-0.05, 0) is 36.1 Å². The average Bonchev–Trinajstić information content (AvgIpc) is 2.86. The molecule has 1 aliphatic rings. The fourth-order valence-corrected chi connectivity index (χ4v) is 2.80. The molecule has 110 valence electrons. The predicted octanol–water partition coefficient (Wildman–Crippen LogP) is 5.02. The lowest BCUT2D eigenvalue weighted by Gasteiger charge is -2.09. The summed E-state index contributed by atoms with van der Waals surface area (Å²) in [5.74, 6) is -0.305. The van der Waals surface area contributed by atoms with E-state index in [1.165, 1.54) is 0 Å². The SMILES string of the molecule is CCCCOc1ccc2c(c1F)Cc1c-2ccc(C)c1F. The lowest BCUT2D eigenvalue weighted by Crippen LogP contribution is -2.00. The van der Waals surface area contributed by atoms with Crippen LogP contribution in [-0.2, 0) is 6.42 Å². The highest BCUT2D eigenvalue weighted by atomic mass is 19.1. The maximum atomic E-state index is 14.6. The van der Waals surface area contributed by atoms with Crippen LogP contribution in [-0.4, -0.2) is 6.61 Å². The van der Waals surface area contributed by atoms with Crippen molar-refractivity contribution >= 4 is 0 Å². The first-order valence-corrected chi connectivity index (χ1v) is 7.36. The Kier molecular flexibility index (Phi) is 3.66. The molecule has 0 amide bonds. The minimum Gasteiger partial charge on any atom is -0.491 e. The number of unbranched alkanes of at least 4 members (excludes halogenated alkanes) is 1. The van der Waals surface area contributed by atoms with Crippen LogP contribution in [0.5, 0.6) is 5.75 Å². The fourth-order valence-electron chi connectivity index (χ4n) is 2.80.